The Bertz CT molecular complexity index is 496. The smallest absolute Gasteiger partial charge is 0.170 e. The van der Waals surface area contributed by atoms with Crippen LogP contribution in [0.5, 0.6) is 5.75 Å². The van der Waals surface area contributed by atoms with Gasteiger partial charge < -0.3 is 25.9 Å². The maximum absolute atomic E-state index is 9.56. The van der Waals surface area contributed by atoms with Gasteiger partial charge in [0.15, 0.2) is 5.84 Å². The zero-order valence-corrected chi connectivity index (χ0v) is 11.2. The van der Waals surface area contributed by atoms with E-state index in [0.717, 1.165) is 5.56 Å². The van der Waals surface area contributed by atoms with Crippen molar-refractivity contribution < 1.29 is 20.2 Å². The van der Waals surface area contributed by atoms with Crippen LogP contribution in [-0.4, -0.2) is 58.6 Å². The summed E-state index contributed by atoms with van der Waals surface area (Å²) >= 11 is 0. The average Bonchev–Trinajstić information content (AvgIpc) is 2.76. The van der Waals surface area contributed by atoms with E-state index in [1.807, 2.05) is 4.90 Å². The largest absolute Gasteiger partial charge is 0.496 e. The fourth-order valence-corrected chi connectivity index (χ4v) is 2.34. The SMILES string of the molecule is COc1ccc(/C(N)=N/O)cc1CN1CC(O)C(O)C1. The Balaban J connectivity index is 2.21. The minimum absolute atomic E-state index is 0.0235. The van der Waals surface area contributed by atoms with Crippen LogP contribution in [0.25, 0.3) is 0 Å². The van der Waals surface area contributed by atoms with Gasteiger partial charge in [-0.25, -0.2) is 0 Å². The van der Waals surface area contributed by atoms with Gasteiger partial charge in [0.1, 0.15) is 5.75 Å². The van der Waals surface area contributed by atoms with Crippen molar-refractivity contribution in [1.82, 2.24) is 4.90 Å². The maximum atomic E-state index is 9.56. The molecule has 0 aliphatic carbocycles. The van der Waals surface area contributed by atoms with Crippen molar-refractivity contribution in [2.75, 3.05) is 20.2 Å². The number of aliphatic hydroxyl groups is 2. The summed E-state index contributed by atoms with van der Waals surface area (Å²) in [6.45, 7) is 1.31. The summed E-state index contributed by atoms with van der Waals surface area (Å²) in [5.41, 5.74) is 7.00. The number of hydrogen-bond acceptors (Lipinski definition) is 6. The maximum Gasteiger partial charge on any atom is 0.170 e. The Labute approximate surface area is 116 Å². The quantitative estimate of drug-likeness (QED) is 0.252. The molecule has 0 radical (unpaired) electrons. The molecule has 0 bridgehead atoms. The van der Waals surface area contributed by atoms with Gasteiger partial charge in [-0.1, -0.05) is 5.16 Å². The van der Waals surface area contributed by atoms with Crippen molar-refractivity contribution in [1.29, 1.82) is 0 Å². The summed E-state index contributed by atoms with van der Waals surface area (Å²) in [5.74, 6) is 0.700. The van der Waals surface area contributed by atoms with Gasteiger partial charge in [-0.15, -0.1) is 0 Å². The molecule has 2 unspecified atom stereocenters. The Morgan fingerprint density at radius 2 is 2.05 bits per heavy atom. The Morgan fingerprint density at radius 1 is 1.40 bits per heavy atom. The first-order valence-electron chi connectivity index (χ1n) is 6.28. The zero-order valence-electron chi connectivity index (χ0n) is 11.2. The third-order valence-electron chi connectivity index (χ3n) is 3.41. The lowest BCUT2D eigenvalue weighted by Gasteiger charge is -2.17. The minimum Gasteiger partial charge on any atom is -0.496 e. The first kappa shape index (κ1) is 14.6. The number of β-amino-alcohol motifs (C(OH)–C–C–N with tert-alkyl or cyclic N) is 2. The lowest BCUT2D eigenvalue weighted by molar-refractivity contribution is 0.0572. The number of ether oxygens (including phenoxy) is 1. The summed E-state index contributed by atoms with van der Waals surface area (Å²) in [5, 5.41) is 30.8. The van der Waals surface area contributed by atoms with Crippen molar-refractivity contribution in [2.24, 2.45) is 10.9 Å². The van der Waals surface area contributed by atoms with Crippen LogP contribution >= 0.6 is 0 Å². The number of hydrogen-bond donors (Lipinski definition) is 4. The second-order valence-corrected chi connectivity index (χ2v) is 4.84. The van der Waals surface area contributed by atoms with Crippen molar-refractivity contribution in [3.63, 3.8) is 0 Å². The number of benzene rings is 1. The highest BCUT2D eigenvalue weighted by Crippen LogP contribution is 2.23. The van der Waals surface area contributed by atoms with E-state index in [1.165, 1.54) is 0 Å². The first-order valence-corrected chi connectivity index (χ1v) is 6.28. The van der Waals surface area contributed by atoms with Gasteiger partial charge >= 0.3 is 0 Å². The number of rotatable bonds is 4. The molecule has 0 amide bonds. The molecule has 2 rings (SSSR count). The highest BCUT2D eigenvalue weighted by molar-refractivity contribution is 5.97. The molecular weight excluding hydrogens is 262 g/mol. The van der Waals surface area contributed by atoms with Crippen LogP contribution in [0.15, 0.2) is 23.4 Å². The number of amidine groups is 1. The van der Waals surface area contributed by atoms with E-state index in [-0.39, 0.29) is 5.84 Å². The van der Waals surface area contributed by atoms with E-state index in [4.69, 9.17) is 15.7 Å². The molecule has 1 fully saturated rings. The molecule has 20 heavy (non-hydrogen) atoms. The zero-order chi connectivity index (χ0) is 14.7. The first-order chi connectivity index (χ1) is 9.55. The topological polar surface area (TPSA) is 112 Å². The standard InChI is InChI=1S/C13H19N3O4/c1-20-12-3-2-8(13(14)15-19)4-9(12)5-16-6-10(17)11(18)7-16/h2-4,10-11,17-19H,5-7H2,1H3,(H2,14,15). The molecule has 1 heterocycles. The van der Waals surface area contributed by atoms with Gasteiger partial charge in [-0.3, -0.25) is 4.90 Å². The molecule has 2 atom stereocenters. The van der Waals surface area contributed by atoms with Crippen molar-refractivity contribution >= 4 is 5.84 Å². The van der Waals surface area contributed by atoms with E-state index >= 15 is 0 Å². The summed E-state index contributed by atoms with van der Waals surface area (Å²) in [4.78, 5) is 1.92. The summed E-state index contributed by atoms with van der Waals surface area (Å²) in [6, 6.07) is 5.21. The molecule has 7 heteroatoms. The predicted molar refractivity (Wildman–Crippen MR) is 72.8 cm³/mol. The van der Waals surface area contributed by atoms with Crippen LogP contribution in [0.1, 0.15) is 11.1 Å². The second kappa shape index (κ2) is 6.08. The molecule has 5 N–H and O–H groups in total. The van der Waals surface area contributed by atoms with E-state index < -0.39 is 12.2 Å². The third kappa shape index (κ3) is 3.01. The third-order valence-corrected chi connectivity index (χ3v) is 3.41. The van der Waals surface area contributed by atoms with Gasteiger partial charge in [0.05, 0.1) is 19.3 Å². The average molecular weight is 281 g/mol. The van der Waals surface area contributed by atoms with Crippen LogP contribution < -0.4 is 10.5 Å². The van der Waals surface area contributed by atoms with E-state index in [9.17, 15) is 10.2 Å². The van der Waals surface area contributed by atoms with Crippen LogP contribution in [-0.2, 0) is 6.54 Å². The lowest BCUT2D eigenvalue weighted by atomic mass is 10.1. The van der Waals surface area contributed by atoms with Gasteiger partial charge in [0, 0.05) is 30.8 Å². The van der Waals surface area contributed by atoms with Gasteiger partial charge in [0.2, 0.25) is 0 Å². The molecule has 0 saturated carbocycles. The molecule has 1 aliphatic heterocycles. The number of oxime groups is 1. The number of nitrogens with zero attached hydrogens (tertiary/aromatic N) is 2. The molecule has 110 valence electrons. The number of likely N-dealkylation sites (tertiary alicyclic amines) is 1. The Kier molecular flexibility index (Phi) is 4.43. The number of methoxy groups -OCH3 is 1. The molecule has 1 saturated heterocycles. The van der Waals surface area contributed by atoms with Gasteiger partial charge in [0.25, 0.3) is 0 Å². The molecule has 0 spiro atoms. The summed E-state index contributed by atoms with van der Waals surface area (Å²) in [6.07, 6.45) is -1.46. The van der Waals surface area contributed by atoms with E-state index in [2.05, 4.69) is 5.16 Å². The molecule has 0 aromatic heterocycles. The normalized spacial score (nSPS) is 24.1. The molecule has 1 aromatic rings. The fraction of sp³-hybridized carbons (Fsp3) is 0.462. The second-order valence-electron chi connectivity index (χ2n) is 4.84. The van der Waals surface area contributed by atoms with E-state index in [0.29, 0.717) is 30.9 Å². The van der Waals surface area contributed by atoms with Crippen LogP contribution in [0.3, 0.4) is 0 Å². The van der Waals surface area contributed by atoms with Crippen LogP contribution in [0.2, 0.25) is 0 Å². The van der Waals surface area contributed by atoms with Crippen LogP contribution in [0.4, 0.5) is 0 Å². The summed E-state index contributed by atoms with van der Waals surface area (Å²) in [7, 11) is 1.57. The lowest BCUT2D eigenvalue weighted by Crippen LogP contribution is -2.22. The Hall–Kier alpha value is -1.83. The highest BCUT2D eigenvalue weighted by atomic mass is 16.5. The molecular formula is C13H19N3O4. The monoisotopic (exact) mass is 281 g/mol. The predicted octanol–water partition coefficient (Wildman–Crippen LogP) is -0.673. The number of aliphatic hydroxyl groups excluding tert-OH is 2. The minimum atomic E-state index is -0.728. The molecule has 1 aromatic carbocycles. The van der Waals surface area contributed by atoms with Crippen LogP contribution in [0, 0.1) is 0 Å². The van der Waals surface area contributed by atoms with Crippen molar-refractivity contribution in [3.8, 4) is 5.75 Å². The van der Waals surface area contributed by atoms with Crippen molar-refractivity contribution in [2.45, 2.75) is 18.8 Å². The van der Waals surface area contributed by atoms with Gasteiger partial charge in [-0.2, -0.15) is 0 Å². The molecule has 7 nitrogen and oxygen atoms in total. The summed E-state index contributed by atoms with van der Waals surface area (Å²) < 4.78 is 5.28. The fourth-order valence-electron chi connectivity index (χ4n) is 2.34. The van der Waals surface area contributed by atoms with E-state index in [1.54, 1.807) is 25.3 Å². The van der Waals surface area contributed by atoms with Crippen molar-refractivity contribution in [3.05, 3.63) is 29.3 Å². The van der Waals surface area contributed by atoms with Gasteiger partial charge in [-0.05, 0) is 18.2 Å². The number of nitrogens with two attached hydrogens (primary N) is 1. The molecule has 1 aliphatic rings. The highest BCUT2D eigenvalue weighted by Gasteiger charge is 2.29. The Morgan fingerprint density at radius 3 is 2.60 bits per heavy atom.